The van der Waals surface area contributed by atoms with Crippen LogP contribution in [0, 0.1) is 13.8 Å². The predicted molar refractivity (Wildman–Crippen MR) is 119 cm³/mol. The summed E-state index contributed by atoms with van der Waals surface area (Å²) in [5, 5.41) is 2.57. The topological polar surface area (TPSA) is 138 Å². The summed E-state index contributed by atoms with van der Waals surface area (Å²) in [7, 11) is -2.83. The first kappa shape index (κ1) is 24.7. The molecule has 0 aliphatic carbocycles. The number of aromatic nitrogens is 2. The van der Waals surface area contributed by atoms with Crippen molar-refractivity contribution in [3.05, 3.63) is 74.6 Å². The highest BCUT2D eigenvalue weighted by Gasteiger charge is 2.34. The number of carbonyl (C=O) groups is 1. The number of benzene rings is 1. The third kappa shape index (κ3) is 6.08. The summed E-state index contributed by atoms with van der Waals surface area (Å²) < 4.78 is 36.4. The number of ether oxygens (including phenoxy) is 2. The second-order valence-electron chi connectivity index (χ2n) is 7.45. The van der Waals surface area contributed by atoms with E-state index < -0.39 is 43.3 Å². The minimum absolute atomic E-state index is 0.200. The van der Waals surface area contributed by atoms with Crippen LogP contribution in [0.3, 0.4) is 0 Å². The molecule has 178 valence electrons. The number of nitrogens with zero attached hydrogens (tertiary/aromatic N) is 1. The van der Waals surface area contributed by atoms with Crippen molar-refractivity contribution in [2.75, 3.05) is 13.7 Å². The van der Waals surface area contributed by atoms with Gasteiger partial charge in [0.2, 0.25) is 0 Å². The number of rotatable bonds is 9. The normalized spacial score (nSPS) is 20.2. The maximum absolute atomic E-state index is 13.5. The molecule has 0 saturated carbocycles. The molecule has 2 aromatic rings. The van der Waals surface area contributed by atoms with Gasteiger partial charge in [-0.2, -0.15) is 5.09 Å². The van der Waals surface area contributed by atoms with Crippen molar-refractivity contribution in [3.8, 4) is 5.75 Å². The molecule has 11 nitrogen and oxygen atoms in total. The Labute approximate surface area is 189 Å². The van der Waals surface area contributed by atoms with Crippen LogP contribution in [-0.4, -0.2) is 41.4 Å². The summed E-state index contributed by atoms with van der Waals surface area (Å²) in [4.78, 5) is 37.7. The SMILES string of the molecule is COC(=O)[C@H](C)N[P@@](=O)(OC[C@@H]1C=C[C@H](n2cc(C)c(=O)[nH]c2=O)O1)Oc1ccccc1C. The standard InChI is InChI=1S/C21H26N3O8P/c1-13-7-5-6-8-17(13)32-33(28,23-15(3)20(26)29-4)30-12-16-9-10-18(31-16)24-11-14(2)19(25)22-21(24)27/h5-11,15-16,18H,12H2,1-4H3,(H,23,28)(H,22,25,27)/t15-,16-,18+,33+/m0/s1. The number of nitrogens with one attached hydrogen (secondary N) is 2. The number of carbonyl (C=O) groups excluding carboxylic acids is 1. The maximum atomic E-state index is 13.5. The van der Waals surface area contributed by atoms with Crippen LogP contribution < -0.4 is 20.9 Å². The Hall–Kier alpha value is -2.98. The molecule has 1 aromatic carbocycles. The van der Waals surface area contributed by atoms with E-state index >= 15 is 0 Å². The molecule has 0 amide bonds. The summed E-state index contributed by atoms with van der Waals surface area (Å²) >= 11 is 0. The molecule has 0 radical (unpaired) electrons. The van der Waals surface area contributed by atoms with Gasteiger partial charge in [0.1, 0.15) is 17.9 Å². The lowest BCUT2D eigenvalue weighted by molar-refractivity contribution is -0.142. The average molecular weight is 479 g/mol. The number of aryl methyl sites for hydroxylation is 2. The molecule has 0 saturated heterocycles. The van der Waals surface area contributed by atoms with Gasteiger partial charge in [0.25, 0.3) is 5.56 Å². The summed E-state index contributed by atoms with van der Waals surface area (Å²) in [6.45, 7) is 4.62. The molecule has 1 aliphatic heterocycles. The first-order valence-corrected chi connectivity index (χ1v) is 11.7. The molecule has 1 aromatic heterocycles. The van der Waals surface area contributed by atoms with Gasteiger partial charge < -0.3 is 14.0 Å². The van der Waals surface area contributed by atoms with Crippen molar-refractivity contribution in [2.45, 2.75) is 39.1 Å². The molecule has 1 aliphatic rings. The first-order valence-electron chi connectivity index (χ1n) is 10.1. The second kappa shape index (κ2) is 10.3. The van der Waals surface area contributed by atoms with E-state index in [-0.39, 0.29) is 6.61 Å². The Morgan fingerprint density at radius 2 is 1.97 bits per heavy atom. The van der Waals surface area contributed by atoms with Crippen molar-refractivity contribution in [1.29, 1.82) is 0 Å². The van der Waals surface area contributed by atoms with Crippen molar-refractivity contribution in [1.82, 2.24) is 14.6 Å². The van der Waals surface area contributed by atoms with Gasteiger partial charge in [-0.05, 0) is 38.5 Å². The summed E-state index contributed by atoms with van der Waals surface area (Å²) in [6, 6.07) is 5.95. The van der Waals surface area contributed by atoms with Crippen LogP contribution in [0.1, 0.15) is 24.3 Å². The number of aromatic amines is 1. The predicted octanol–water partition coefficient (Wildman–Crippen LogP) is 1.96. The molecule has 0 spiro atoms. The van der Waals surface area contributed by atoms with E-state index in [0.29, 0.717) is 11.3 Å². The molecule has 4 atom stereocenters. The van der Waals surface area contributed by atoms with Gasteiger partial charge in [-0.25, -0.2) is 9.36 Å². The van der Waals surface area contributed by atoms with Crippen LogP contribution in [-0.2, 0) is 23.4 Å². The van der Waals surface area contributed by atoms with Gasteiger partial charge in [0.15, 0.2) is 6.23 Å². The number of esters is 1. The summed E-state index contributed by atoms with van der Waals surface area (Å²) in [6.07, 6.45) is 3.20. The maximum Gasteiger partial charge on any atom is 0.459 e. The van der Waals surface area contributed by atoms with E-state index in [4.69, 9.17) is 13.8 Å². The van der Waals surface area contributed by atoms with E-state index in [1.807, 2.05) is 0 Å². The van der Waals surface area contributed by atoms with Gasteiger partial charge in [0.05, 0.1) is 13.7 Å². The first-order chi connectivity index (χ1) is 15.6. The zero-order chi connectivity index (χ0) is 24.2. The van der Waals surface area contributed by atoms with Crippen LogP contribution in [0.4, 0.5) is 0 Å². The molecular formula is C21H26N3O8P. The molecule has 3 rings (SSSR count). The molecule has 2 N–H and O–H groups in total. The van der Waals surface area contributed by atoms with Gasteiger partial charge >= 0.3 is 19.4 Å². The fourth-order valence-corrected chi connectivity index (χ4v) is 4.60. The van der Waals surface area contributed by atoms with E-state index in [0.717, 1.165) is 5.56 Å². The van der Waals surface area contributed by atoms with Crippen molar-refractivity contribution in [3.63, 3.8) is 0 Å². The monoisotopic (exact) mass is 479 g/mol. The summed E-state index contributed by atoms with van der Waals surface area (Å²) in [5.74, 6) is -0.321. The number of H-pyrrole nitrogens is 1. The number of methoxy groups -OCH3 is 1. The van der Waals surface area contributed by atoms with Gasteiger partial charge in [-0.1, -0.05) is 24.3 Å². The molecule has 33 heavy (non-hydrogen) atoms. The van der Waals surface area contributed by atoms with Gasteiger partial charge in [-0.3, -0.25) is 23.7 Å². The molecule has 0 fully saturated rings. The van der Waals surface area contributed by atoms with E-state index in [1.165, 1.54) is 24.8 Å². The smallest absolute Gasteiger partial charge is 0.459 e. The third-order valence-corrected chi connectivity index (χ3v) is 6.48. The largest absolute Gasteiger partial charge is 0.468 e. The highest BCUT2D eigenvalue weighted by molar-refractivity contribution is 7.52. The van der Waals surface area contributed by atoms with Crippen LogP contribution in [0.5, 0.6) is 5.75 Å². The number of hydrogen-bond donors (Lipinski definition) is 2. The quantitative estimate of drug-likeness (QED) is 0.314. The van der Waals surface area contributed by atoms with Crippen molar-refractivity contribution in [2.24, 2.45) is 0 Å². The van der Waals surface area contributed by atoms with Crippen LogP contribution >= 0.6 is 7.75 Å². The average Bonchev–Trinajstić information content (AvgIpc) is 3.25. The van der Waals surface area contributed by atoms with Crippen LogP contribution in [0.25, 0.3) is 0 Å². The summed E-state index contributed by atoms with van der Waals surface area (Å²) in [5.41, 5.74) is -0.0238. The van der Waals surface area contributed by atoms with Crippen LogP contribution in [0.2, 0.25) is 0 Å². The fourth-order valence-electron chi connectivity index (χ4n) is 3.03. The molecule has 12 heteroatoms. The Morgan fingerprint density at radius 3 is 2.67 bits per heavy atom. The van der Waals surface area contributed by atoms with Gasteiger partial charge in [-0.15, -0.1) is 0 Å². The van der Waals surface area contributed by atoms with E-state index in [1.54, 1.807) is 50.3 Å². The van der Waals surface area contributed by atoms with Gasteiger partial charge in [0, 0.05) is 11.8 Å². The Kier molecular flexibility index (Phi) is 7.70. The molecule has 2 heterocycles. The third-order valence-electron chi connectivity index (χ3n) is 4.85. The van der Waals surface area contributed by atoms with E-state index in [2.05, 4.69) is 14.8 Å². The molecule has 0 unspecified atom stereocenters. The van der Waals surface area contributed by atoms with Crippen molar-refractivity contribution < 1.29 is 27.9 Å². The minimum atomic E-state index is -4.04. The zero-order valence-electron chi connectivity index (χ0n) is 18.6. The molecule has 0 bridgehead atoms. The highest BCUT2D eigenvalue weighted by Crippen LogP contribution is 2.46. The second-order valence-corrected chi connectivity index (χ2v) is 9.15. The minimum Gasteiger partial charge on any atom is -0.468 e. The lowest BCUT2D eigenvalue weighted by Gasteiger charge is -2.24. The number of hydrogen-bond acceptors (Lipinski definition) is 8. The Bertz CT molecular complexity index is 1200. The fraction of sp³-hybridized carbons (Fsp3) is 0.381. The Balaban J connectivity index is 1.72. The van der Waals surface area contributed by atoms with Crippen molar-refractivity contribution >= 4 is 13.7 Å². The Morgan fingerprint density at radius 1 is 1.24 bits per heavy atom. The molecular weight excluding hydrogens is 453 g/mol. The highest BCUT2D eigenvalue weighted by atomic mass is 31.2. The van der Waals surface area contributed by atoms with Crippen LogP contribution in [0.15, 0.2) is 52.2 Å². The zero-order valence-corrected chi connectivity index (χ0v) is 19.5. The lowest BCUT2D eigenvalue weighted by atomic mass is 10.2. The number of para-hydroxylation sites is 1. The van der Waals surface area contributed by atoms with E-state index in [9.17, 15) is 18.9 Å². The lowest BCUT2D eigenvalue weighted by Crippen LogP contribution is -2.35.